The van der Waals surface area contributed by atoms with Crippen molar-refractivity contribution in [1.82, 2.24) is 9.55 Å². The van der Waals surface area contributed by atoms with E-state index >= 15 is 0 Å². The molecular formula is C19H17Cl3N2O2. The van der Waals surface area contributed by atoms with Crippen molar-refractivity contribution in [3.05, 3.63) is 56.3 Å². The smallest absolute Gasteiger partial charge is 0.339 e. The van der Waals surface area contributed by atoms with Gasteiger partial charge in [0.1, 0.15) is 11.4 Å². The fourth-order valence-electron chi connectivity index (χ4n) is 3.03. The van der Waals surface area contributed by atoms with E-state index in [1.807, 2.05) is 18.2 Å². The van der Waals surface area contributed by atoms with E-state index in [0.29, 0.717) is 33.7 Å². The number of aromatic carboxylic acids is 1. The fraction of sp³-hybridized carbons (Fsp3) is 0.263. The van der Waals surface area contributed by atoms with Crippen LogP contribution >= 0.6 is 34.8 Å². The maximum Gasteiger partial charge on any atom is 0.339 e. The molecule has 0 saturated heterocycles. The number of carboxylic acids is 1. The van der Waals surface area contributed by atoms with Gasteiger partial charge in [-0.15, -0.1) is 0 Å². The summed E-state index contributed by atoms with van der Waals surface area (Å²) in [5.74, 6) is -0.420. The third kappa shape index (κ3) is 3.07. The summed E-state index contributed by atoms with van der Waals surface area (Å²) in [5.41, 5.74) is 2.21. The molecule has 2 aromatic carbocycles. The summed E-state index contributed by atoms with van der Waals surface area (Å²) < 4.78 is 1.80. The van der Waals surface area contributed by atoms with Crippen molar-refractivity contribution in [3.8, 4) is 5.69 Å². The van der Waals surface area contributed by atoms with Crippen molar-refractivity contribution in [2.24, 2.45) is 0 Å². The Labute approximate surface area is 166 Å². The number of carboxylic acid groups (broad SMARTS) is 1. The second-order valence-electron chi connectivity index (χ2n) is 6.05. The normalized spacial score (nSPS) is 11.3. The van der Waals surface area contributed by atoms with Crippen LogP contribution in [0.2, 0.25) is 15.1 Å². The van der Waals surface area contributed by atoms with Gasteiger partial charge in [-0.2, -0.15) is 0 Å². The number of rotatable bonds is 5. The summed E-state index contributed by atoms with van der Waals surface area (Å²) in [6.45, 7) is 3.87. The van der Waals surface area contributed by atoms with Gasteiger partial charge in [-0.1, -0.05) is 60.3 Å². The maximum atomic E-state index is 12.0. The number of hydrogen-bond acceptors (Lipinski definition) is 2. The van der Waals surface area contributed by atoms with Gasteiger partial charge in [0.25, 0.3) is 0 Å². The molecule has 4 nitrogen and oxygen atoms in total. The molecule has 0 aliphatic carbocycles. The highest BCUT2D eigenvalue weighted by Crippen LogP contribution is 2.39. The minimum absolute atomic E-state index is 0.0133. The Morgan fingerprint density at radius 1 is 1.19 bits per heavy atom. The number of nitrogens with zero attached hydrogens (tertiary/aromatic N) is 2. The fourth-order valence-corrected chi connectivity index (χ4v) is 3.75. The van der Waals surface area contributed by atoms with Crippen molar-refractivity contribution in [1.29, 1.82) is 0 Å². The topological polar surface area (TPSA) is 55.1 Å². The Morgan fingerprint density at radius 3 is 2.50 bits per heavy atom. The summed E-state index contributed by atoms with van der Waals surface area (Å²) in [7, 11) is 0. The van der Waals surface area contributed by atoms with Crippen molar-refractivity contribution < 1.29 is 9.90 Å². The second-order valence-corrected chi connectivity index (χ2v) is 7.21. The Hall–Kier alpha value is -1.75. The standard InChI is InChI=1S/C19H17Cl3N2O2/c1-3-4-9-13-23-17-10(2)15(21)16(22)14(19(25)26)18(17)24(13)12-8-6-5-7-11(12)20/h5-8H,3-4,9H2,1-2H3,(H,25,26). The number of carbonyl (C=O) groups is 1. The van der Waals surface area contributed by atoms with Crippen molar-refractivity contribution in [2.75, 3.05) is 0 Å². The highest BCUT2D eigenvalue weighted by atomic mass is 35.5. The van der Waals surface area contributed by atoms with Crippen LogP contribution in [0, 0.1) is 6.92 Å². The van der Waals surface area contributed by atoms with E-state index in [4.69, 9.17) is 39.8 Å². The zero-order valence-electron chi connectivity index (χ0n) is 14.3. The molecule has 0 saturated carbocycles. The Morgan fingerprint density at radius 2 is 1.88 bits per heavy atom. The van der Waals surface area contributed by atoms with Crippen LogP contribution in [-0.2, 0) is 6.42 Å². The molecule has 1 aromatic heterocycles. The molecule has 0 radical (unpaired) electrons. The first-order valence-corrected chi connectivity index (χ1v) is 9.38. The minimum atomic E-state index is -1.16. The lowest BCUT2D eigenvalue weighted by molar-refractivity contribution is 0.0699. The van der Waals surface area contributed by atoms with Crippen LogP contribution in [0.15, 0.2) is 24.3 Å². The molecule has 0 amide bonds. The first kappa shape index (κ1) is 19.0. The monoisotopic (exact) mass is 410 g/mol. The average Bonchev–Trinajstić information content (AvgIpc) is 2.97. The van der Waals surface area contributed by atoms with Crippen molar-refractivity contribution in [3.63, 3.8) is 0 Å². The summed E-state index contributed by atoms with van der Waals surface area (Å²) in [6.07, 6.45) is 2.58. The predicted molar refractivity (Wildman–Crippen MR) is 106 cm³/mol. The van der Waals surface area contributed by atoms with Gasteiger partial charge in [-0.3, -0.25) is 4.57 Å². The van der Waals surface area contributed by atoms with Crippen molar-refractivity contribution >= 4 is 51.8 Å². The quantitative estimate of drug-likeness (QED) is 0.533. The summed E-state index contributed by atoms with van der Waals surface area (Å²) in [4.78, 5) is 16.7. The molecule has 1 N–H and O–H groups in total. The molecule has 0 atom stereocenters. The first-order valence-electron chi connectivity index (χ1n) is 8.25. The number of aryl methyl sites for hydroxylation is 2. The Balaban J connectivity index is 2.50. The van der Waals surface area contributed by atoms with Gasteiger partial charge in [0.2, 0.25) is 0 Å². The van der Waals surface area contributed by atoms with Gasteiger partial charge in [0.15, 0.2) is 0 Å². The third-order valence-corrected chi connectivity index (χ3v) is 5.61. The number of para-hydroxylation sites is 1. The number of hydrogen-bond donors (Lipinski definition) is 1. The molecule has 0 bridgehead atoms. The maximum absolute atomic E-state index is 12.0. The number of benzene rings is 2. The molecular weight excluding hydrogens is 395 g/mol. The molecule has 1 heterocycles. The highest BCUT2D eigenvalue weighted by molar-refractivity contribution is 6.45. The average molecular weight is 412 g/mol. The number of unbranched alkanes of at least 4 members (excludes halogenated alkanes) is 1. The van der Waals surface area contributed by atoms with Crippen LogP contribution in [0.5, 0.6) is 0 Å². The number of halogens is 3. The van der Waals surface area contributed by atoms with Crippen LogP contribution in [-0.4, -0.2) is 20.6 Å². The van der Waals surface area contributed by atoms with Gasteiger partial charge in [0, 0.05) is 6.42 Å². The van der Waals surface area contributed by atoms with E-state index in [1.165, 1.54) is 0 Å². The molecule has 0 fully saturated rings. The lowest BCUT2D eigenvalue weighted by atomic mass is 10.1. The molecule has 0 spiro atoms. The van der Waals surface area contributed by atoms with Gasteiger partial charge < -0.3 is 5.11 Å². The second kappa shape index (κ2) is 7.47. The number of aromatic nitrogens is 2. The lowest BCUT2D eigenvalue weighted by Crippen LogP contribution is -2.07. The summed E-state index contributed by atoms with van der Waals surface area (Å²) >= 11 is 19.0. The largest absolute Gasteiger partial charge is 0.478 e. The molecule has 3 aromatic rings. The number of fused-ring (bicyclic) bond motifs is 1. The molecule has 136 valence electrons. The van der Waals surface area contributed by atoms with Crippen LogP contribution in [0.3, 0.4) is 0 Å². The molecule has 0 aliphatic heterocycles. The number of imidazole rings is 1. The molecule has 26 heavy (non-hydrogen) atoms. The highest BCUT2D eigenvalue weighted by Gasteiger charge is 2.26. The molecule has 0 unspecified atom stereocenters. The van der Waals surface area contributed by atoms with E-state index in [2.05, 4.69) is 6.92 Å². The van der Waals surface area contributed by atoms with E-state index < -0.39 is 5.97 Å². The lowest BCUT2D eigenvalue weighted by Gasteiger charge is -2.14. The van der Waals surface area contributed by atoms with Crippen molar-refractivity contribution in [2.45, 2.75) is 33.1 Å². The molecule has 3 rings (SSSR count). The predicted octanol–water partition coefficient (Wildman–Crippen LogP) is 6.33. The van der Waals surface area contributed by atoms with Gasteiger partial charge in [0.05, 0.1) is 31.8 Å². The summed E-state index contributed by atoms with van der Waals surface area (Å²) in [6, 6.07) is 7.27. The summed E-state index contributed by atoms with van der Waals surface area (Å²) in [5, 5.41) is 10.5. The first-order chi connectivity index (χ1) is 12.4. The SMILES string of the molecule is CCCCc1nc2c(C)c(Cl)c(Cl)c(C(=O)O)c2n1-c1ccccc1Cl. The Bertz CT molecular complexity index is 1010. The van der Waals surface area contributed by atoms with Gasteiger partial charge in [-0.25, -0.2) is 9.78 Å². The van der Waals surface area contributed by atoms with E-state index in [1.54, 1.807) is 17.6 Å². The zero-order valence-corrected chi connectivity index (χ0v) is 16.6. The molecule has 0 aliphatic rings. The van der Waals surface area contributed by atoms with Crippen LogP contribution in [0.25, 0.3) is 16.7 Å². The zero-order chi connectivity index (χ0) is 19.0. The van der Waals surface area contributed by atoms with Crippen LogP contribution in [0.4, 0.5) is 0 Å². The van der Waals surface area contributed by atoms with E-state index in [-0.39, 0.29) is 15.6 Å². The van der Waals surface area contributed by atoms with E-state index in [0.717, 1.165) is 18.7 Å². The van der Waals surface area contributed by atoms with Gasteiger partial charge in [-0.05, 0) is 31.0 Å². The van der Waals surface area contributed by atoms with Crippen LogP contribution in [0.1, 0.15) is 41.5 Å². The molecule has 7 heteroatoms. The minimum Gasteiger partial charge on any atom is -0.478 e. The van der Waals surface area contributed by atoms with Gasteiger partial charge >= 0.3 is 5.97 Å². The van der Waals surface area contributed by atoms with E-state index in [9.17, 15) is 9.90 Å². The third-order valence-electron chi connectivity index (χ3n) is 4.34. The van der Waals surface area contributed by atoms with Crippen LogP contribution < -0.4 is 0 Å². The Kier molecular flexibility index (Phi) is 5.47.